The van der Waals surface area contributed by atoms with Crippen molar-refractivity contribution in [3.05, 3.63) is 33.3 Å². The van der Waals surface area contributed by atoms with Crippen LogP contribution in [0.15, 0.2) is 18.2 Å². The first-order valence-electron chi connectivity index (χ1n) is 7.09. The number of ether oxygens (including phenoxy) is 1. The summed E-state index contributed by atoms with van der Waals surface area (Å²) in [5, 5.41) is 17.3. The van der Waals surface area contributed by atoms with Gasteiger partial charge in [0.1, 0.15) is 0 Å². The normalized spacial score (nSPS) is 18.7. The lowest BCUT2D eigenvalue weighted by atomic mass is 10.2. The van der Waals surface area contributed by atoms with E-state index >= 15 is 0 Å². The number of carbonyl (C=O) groups excluding carboxylic acids is 1. The van der Waals surface area contributed by atoms with E-state index in [-0.39, 0.29) is 28.4 Å². The summed E-state index contributed by atoms with van der Waals surface area (Å²) in [6.45, 7) is 3.04. The molecule has 2 atom stereocenters. The SMILES string of the molecule is CC(Oc1ccc(Cl)cc1[N+](=O)[O-])C(=O)NCC1CCCN1. The standard InChI is InChI=1S/C14H18ClN3O4/c1-9(14(19)17-8-11-3-2-6-16-11)22-13-5-4-10(15)7-12(13)18(20)21/h4-5,7,9,11,16H,2-3,6,8H2,1H3,(H,17,19). The molecular formula is C14H18ClN3O4. The number of nitro benzene ring substituents is 1. The van der Waals surface area contributed by atoms with E-state index in [4.69, 9.17) is 16.3 Å². The molecule has 2 unspecified atom stereocenters. The molecule has 2 N–H and O–H groups in total. The maximum absolute atomic E-state index is 12.0. The van der Waals surface area contributed by atoms with Gasteiger partial charge in [0, 0.05) is 23.7 Å². The van der Waals surface area contributed by atoms with E-state index in [1.165, 1.54) is 18.2 Å². The van der Waals surface area contributed by atoms with Crippen LogP contribution < -0.4 is 15.4 Å². The predicted molar refractivity (Wildman–Crippen MR) is 82.2 cm³/mol. The molecule has 1 aromatic rings. The van der Waals surface area contributed by atoms with Crippen molar-refractivity contribution < 1.29 is 14.5 Å². The second-order valence-electron chi connectivity index (χ2n) is 5.17. The van der Waals surface area contributed by atoms with Crippen LogP contribution in [0.25, 0.3) is 0 Å². The van der Waals surface area contributed by atoms with Crippen molar-refractivity contribution in [3.63, 3.8) is 0 Å². The average Bonchev–Trinajstić information content (AvgIpc) is 2.99. The number of nitrogens with zero attached hydrogens (tertiary/aromatic N) is 1. The summed E-state index contributed by atoms with van der Waals surface area (Å²) in [5.41, 5.74) is -0.260. The Morgan fingerprint density at radius 1 is 1.64 bits per heavy atom. The summed E-state index contributed by atoms with van der Waals surface area (Å²) in [4.78, 5) is 22.4. The molecule has 0 bridgehead atoms. The van der Waals surface area contributed by atoms with Crippen molar-refractivity contribution in [3.8, 4) is 5.75 Å². The maximum atomic E-state index is 12.0. The zero-order valence-electron chi connectivity index (χ0n) is 12.2. The molecule has 0 saturated carbocycles. The van der Waals surface area contributed by atoms with Gasteiger partial charge in [-0.1, -0.05) is 11.6 Å². The second-order valence-corrected chi connectivity index (χ2v) is 5.60. The molecule has 1 fully saturated rings. The fourth-order valence-corrected chi connectivity index (χ4v) is 2.44. The third kappa shape index (κ3) is 4.32. The van der Waals surface area contributed by atoms with Crippen LogP contribution in [0.5, 0.6) is 5.75 Å². The Hall–Kier alpha value is -1.86. The van der Waals surface area contributed by atoms with Gasteiger partial charge in [-0.25, -0.2) is 0 Å². The number of amides is 1. The summed E-state index contributed by atoms with van der Waals surface area (Å²) in [7, 11) is 0. The van der Waals surface area contributed by atoms with Crippen LogP contribution in [-0.2, 0) is 4.79 Å². The van der Waals surface area contributed by atoms with Crippen LogP contribution >= 0.6 is 11.6 Å². The predicted octanol–water partition coefficient (Wildman–Crippen LogP) is 1.88. The Balaban J connectivity index is 1.94. The molecule has 0 spiro atoms. The van der Waals surface area contributed by atoms with Crippen LogP contribution in [0, 0.1) is 10.1 Å². The van der Waals surface area contributed by atoms with Gasteiger partial charge in [-0.15, -0.1) is 0 Å². The summed E-state index contributed by atoms with van der Waals surface area (Å²) in [5.74, 6) is -0.283. The van der Waals surface area contributed by atoms with Crippen LogP contribution in [0.2, 0.25) is 5.02 Å². The molecule has 8 heteroatoms. The highest BCUT2D eigenvalue weighted by atomic mass is 35.5. The van der Waals surface area contributed by atoms with E-state index in [0.29, 0.717) is 6.54 Å². The van der Waals surface area contributed by atoms with Crippen molar-refractivity contribution in [2.75, 3.05) is 13.1 Å². The van der Waals surface area contributed by atoms with Gasteiger partial charge in [-0.05, 0) is 38.4 Å². The molecule has 7 nitrogen and oxygen atoms in total. The molecule has 2 rings (SSSR count). The van der Waals surface area contributed by atoms with Gasteiger partial charge in [-0.3, -0.25) is 14.9 Å². The monoisotopic (exact) mass is 327 g/mol. The first-order valence-corrected chi connectivity index (χ1v) is 7.47. The number of rotatable bonds is 6. The van der Waals surface area contributed by atoms with Crippen molar-refractivity contribution in [1.29, 1.82) is 0 Å². The number of benzene rings is 1. The third-order valence-corrected chi connectivity index (χ3v) is 3.71. The smallest absolute Gasteiger partial charge is 0.312 e. The van der Waals surface area contributed by atoms with Gasteiger partial charge in [-0.2, -0.15) is 0 Å². The lowest BCUT2D eigenvalue weighted by Gasteiger charge is -2.17. The first-order chi connectivity index (χ1) is 10.5. The Kier molecular flexibility index (Phi) is 5.57. The van der Waals surface area contributed by atoms with E-state index in [2.05, 4.69) is 10.6 Å². The molecule has 1 heterocycles. The van der Waals surface area contributed by atoms with Gasteiger partial charge in [0.15, 0.2) is 11.9 Å². The number of carbonyl (C=O) groups is 1. The zero-order valence-corrected chi connectivity index (χ0v) is 12.9. The van der Waals surface area contributed by atoms with Crippen molar-refractivity contribution >= 4 is 23.2 Å². The van der Waals surface area contributed by atoms with E-state index < -0.39 is 11.0 Å². The molecule has 0 aliphatic carbocycles. The average molecular weight is 328 g/mol. The summed E-state index contributed by atoms with van der Waals surface area (Å²) < 4.78 is 5.41. The van der Waals surface area contributed by atoms with Gasteiger partial charge >= 0.3 is 5.69 Å². The van der Waals surface area contributed by atoms with Crippen molar-refractivity contribution in [1.82, 2.24) is 10.6 Å². The molecular weight excluding hydrogens is 310 g/mol. The Labute approximate surface area is 133 Å². The largest absolute Gasteiger partial charge is 0.474 e. The highest BCUT2D eigenvalue weighted by molar-refractivity contribution is 6.30. The van der Waals surface area contributed by atoms with Crippen molar-refractivity contribution in [2.45, 2.75) is 31.9 Å². The first kappa shape index (κ1) is 16.5. The highest BCUT2D eigenvalue weighted by Crippen LogP contribution is 2.30. The van der Waals surface area contributed by atoms with Gasteiger partial charge in [0.05, 0.1) is 4.92 Å². The Morgan fingerprint density at radius 3 is 3.05 bits per heavy atom. The van der Waals surface area contributed by atoms with E-state index in [1.54, 1.807) is 6.92 Å². The Bertz CT molecular complexity index is 561. The van der Waals surface area contributed by atoms with Crippen LogP contribution in [0.1, 0.15) is 19.8 Å². The number of halogens is 1. The zero-order chi connectivity index (χ0) is 16.1. The number of hydrogen-bond acceptors (Lipinski definition) is 5. The van der Waals surface area contributed by atoms with E-state index in [9.17, 15) is 14.9 Å². The number of nitro groups is 1. The van der Waals surface area contributed by atoms with E-state index in [1.807, 2.05) is 0 Å². The highest BCUT2D eigenvalue weighted by Gasteiger charge is 2.22. The number of nitrogens with one attached hydrogen (secondary N) is 2. The minimum Gasteiger partial charge on any atom is -0.474 e. The van der Waals surface area contributed by atoms with Gasteiger partial charge in [0.2, 0.25) is 0 Å². The van der Waals surface area contributed by atoms with E-state index in [0.717, 1.165) is 19.4 Å². The van der Waals surface area contributed by atoms with Crippen molar-refractivity contribution in [2.24, 2.45) is 0 Å². The molecule has 1 amide bonds. The van der Waals surface area contributed by atoms with Crippen LogP contribution in [0.4, 0.5) is 5.69 Å². The quantitative estimate of drug-likeness (QED) is 0.614. The van der Waals surface area contributed by atoms with Gasteiger partial charge in [0.25, 0.3) is 5.91 Å². The molecule has 120 valence electrons. The van der Waals surface area contributed by atoms with Crippen LogP contribution in [0.3, 0.4) is 0 Å². The Morgan fingerprint density at radius 2 is 2.41 bits per heavy atom. The maximum Gasteiger partial charge on any atom is 0.312 e. The fourth-order valence-electron chi connectivity index (χ4n) is 2.28. The molecule has 0 aromatic heterocycles. The minimum absolute atomic E-state index is 0.0241. The van der Waals surface area contributed by atoms with Crippen LogP contribution in [-0.4, -0.2) is 36.1 Å². The summed E-state index contributed by atoms with van der Waals surface area (Å²) >= 11 is 5.74. The molecule has 22 heavy (non-hydrogen) atoms. The number of hydrogen-bond donors (Lipinski definition) is 2. The summed E-state index contributed by atoms with van der Waals surface area (Å²) in [6, 6.07) is 4.35. The summed E-state index contributed by atoms with van der Waals surface area (Å²) in [6.07, 6.45) is 1.29. The topological polar surface area (TPSA) is 93.5 Å². The molecule has 1 aromatic carbocycles. The fraction of sp³-hybridized carbons (Fsp3) is 0.500. The minimum atomic E-state index is -0.832. The molecule has 0 radical (unpaired) electrons. The molecule has 1 saturated heterocycles. The molecule has 1 aliphatic rings. The molecule has 1 aliphatic heterocycles. The van der Waals surface area contributed by atoms with Gasteiger partial charge < -0.3 is 15.4 Å². The third-order valence-electron chi connectivity index (χ3n) is 3.48. The lowest BCUT2D eigenvalue weighted by Crippen LogP contribution is -2.42. The second kappa shape index (κ2) is 7.42. The lowest BCUT2D eigenvalue weighted by molar-refractivity contribution is -0.386.